The van der Waals surface area contributed by atoms with E-state index in [0.717, 1.165) is 27.7 Å². The van der Waals surface area contributed by atoms with Crippen molar-refractivity contribution in [3.63, 3.8) is 0 Å². The van der Waals surface area contributed by atoms with Gasteiger partial charge in [-0.15, -0.1) is 0 Å². The van der Waals surface area contributed by atoms with Gasteiger partial charge in [-0.2, -0.15) is 5.10 Å². The van der Waals surface area contributed by atoms with E-state index in [1.807, 2.05) is 49.4 Å². The molecule has 0 unspecified atom stereocenters. The van der Waals surface area contributed by atoms with E-state index in [9.17, 15) is 9.59 Å². The van der Waals surface area contributed by atoms with Crippen molar-refractivity contribution >= 4 is 35.0 Å². The number of fused-ring (bicyclic) bond motifs is 1. The summed E-state index contributed by atoms with van der Waals surface area (Å²) in [6, 6.07) is 15.2. The lowest BCUT2D eigenvalue weighted by Gasteiger charge is -2.04. The van der Waals surface area contributed by atoms with Crippen LogP contribution in [0.25, 0.3) is 17.0 Å². The predicted molar refractivity (Wildman–Crippen MR) is 114 cm³/mol. The molecule has 2 amide bonds. The molecular formula is C22H22N4O3. The van der Waals surface area contributed by atoms with Crippen LogP contribution in [-0.2, 0) is 9.59 Å². The second-order valence-electron chi connectivity index (χ2n) is 6.30. The molecule has 29 heavy (non-hydrogen) atoms. The summed E-state index contributed by atoms with van der Waals surface area (Å²) in [6.45, 7) is 1.76. The summed E-state index contributed by atoms with van der Waals surface area (Å²) >= 11 is 0. The molecule has 0 aliphatic rings. The molecule has 1 aromatic heterocycles. The predicted octanol–water partition coefficient (Wildman–Crippen LogP) is 2.76. The molecule has 3 N–H and O–H groups in total. The zero-order valence-corrected chi connectivity index (χ0v) is 16.2. The van der Waals surface area contributed by atoms with Crippen LogP contribution in [0.3, 0.4) is 0 Å². The molecule has 0 radical (unpaired) electrons. The SMILES string of the molecule is COc1ccccc1/C=C/C(=O)NCC(=O)N/N=C\c1c(C)[nH]c2ccccc12. The molecule has 0 spiro atoms. The Kier molecular flexibility index (Phi) is 6.42. The van der Waals surface area contributed by atoms with Gasteiger partial charge in [-0.25, -0.2) is 5.43 Å². The average molecular weight is 390 g/mol. The fourth-order valence-corrected chi connectivity index (χ4v) is 2.87. The Morgan fingerprint density at radius 1 is 1.14 bits per heavy atom. The lowest BCUT2D eigenvalue weighted by molar-refractivity contribution is -0.123. The van der Waals surface area contributed by atoms with Gasteiger partial charge in [0.05, 0.1) is 19.9 Å². The molecule has 7 heteroatoms. The number of para-hydroxylation sites is 2. The highest BCUT2D eigenvalue weighted by molar-refractivity contribution is 6.01. The molecule has 0 saturated heterocycles. The molecule has 7 nitrogen and oxygen atoms in total. The van der Waals surface area contributed by atoms with Crippen LogP contribution >= 0.6 is 0 Å². The summed E-state index contributed by atoms with van der Waals surface area (Å²) < 4.78 is 5.22. The first kappa shape index (κ1) is 19.9. The van der Waals surface area contributed by atoms with Gasteiger partial charge in [0.25, 0.3) is 5.91 Å². The minimum absolute atomic E-state index is 0.181. The Balaban J connectivity index is 1.50. The number of methoxy groups -OCH3 is 1. The number of nitrogens with one attached hydrogen (secondary N) is 3. The highest BCUT2D eigenvalue weighted by atomic mass is 16.5. The van der Waals surface area contributed by atoms with Gasteiger partial charge in [0.2, 0.25) is 5.91 Å². The summed E-state index contributed by atoms with van der Waals surface area (Å²) in [4.78, 5) is 27.1. The Morgan fingerprint density at radius 3 is 2.72 bits per heavy atom. The fourth-order valence-electron chi connectivity index (χ4n) is 2.87. The lowest BCUT2D eigenvalue weighted by Crippen LogP contribution is -2.34. The van der Waals surface area contributed by atoms with Gasteiger partial charge in [0.1, 0.15) is 5.75 Å². The van der Waals surface area contributed by atoms with Crippen molar-refractivity contribution in [2.75, 3.05) is 13.7 Å². The molecule has 0 aliphatic carbocycles. The molecule has 0 atom stereocenters. The Bertz CT molecular complexity index is 1080. The van der Waals surface area contributed by atoms with E-state index >= 15 is 0 Å². The normalized spacial score (nSPS) is 11.2. The van der Waals surface area contributed by atoms with E-state index in [-0.39, 0.29) is 12.5 Å². The topological polar surface area (TPSA) is 95.6 Å². The number of carbonyl (C=O) groups excluding carboxylic acids is 2. The number of carbonyl (C=O) groups is 2. The van der Waals surface area contributed by atoms with Crippen molar-refractivity contribution < 1.29 is 14.3 Å². The highest BCUT2D eigenvalue weighted by Crippen LogP contribution is 2.20. The second-order valence-corrected chi connectivity index (χ2v) is 6.30. The zero-order chi connectivity index (χ0) is 20.6. The largest absolute Gasteiger partial charge is 0.496 e. The first-order chi connectivity index (χ1) is 14.1. The number of H-pyrrole nitrogens is 1. The summed E-state index contributed by atoms with van der Waals surface area (Å²) in [5.74, 6) is -0.142. The molecule has 1 heterocycles. The third-order valence-corrected chi connectivity index (χ3v) is 4.30. The van der Waals surface area contributed by atoms with Crippen LogP contribution in [0.4, 0.5) is 0 Å². The van der Waals surface area contributed by atoms with Gasteiger partial charge in [0.15, 0.2) is 0 Å². The van der Waals surface area contributed by atoms with Crippen molar-refractivity contribution in [2.24, 2.45) is 5.10 Å². The number of ether oxygens (including phenoxy) is 1. The number of aromatic nitrogens is 1. The number of aromatic amines is 1. The lowest BCUT2D eigenvalue weighted by atomic mass is 10.1. The van der Waals surface area contributed by atoms with Gasteiger partial charge >= 0.3 is 0 Å². The van der Waals surface area contributed by atoms with E-state index < -0.39 is 5.91 Å². The first-order valence-electron chi connectivity index (χ1n) is 9.06. The summed E-state index contributed by atoms with van der Waals surface area (Å²) in [7, 11) is 1.56. The van der Waals surface area contributed by atoms with Crippen LogP contribution in [0, 0.1) is 6.92 Å². The fraction of sp³-hybridized carbons (Fsp3) is 0.136. The molecule has 148 valence electrons. The van der Waals surface area contributed by atoms with Gasteiger partial charge in [0, 0.05) is 33.8 Å². The van der Waals surface area contributed by atoms with Crippen LogP contribution in [0.1, 0.15) is 16.8 Å². The standard InChI is InChI=1S/C22H22N4O3/c1-15-18(17-8-4-5-9-19(17)25-15)13-24-26-22(28)14-23-21(27)12-11-16-7-3-6-10-20(16)29-2/h3-13,25H,14H2,1-2H3,(H,23,27)(H,26,28)/b12-11+,24-13-. The number of hydrogen-bond donors (Lipinski definition) is 3. The number of rotatable bonds is 7. The number of hydrazone groups is 1. The van der Waals surface area contributed by atoms with Crippen molar-refractivity contribution in [3.05, 3.63) is 71.4 Å². The number of benzene rings is 2. The Hall–Kier alpha value is -3.87. The van der Waals surface area contributed by atoms with Crippen LogP contribution in [0.2, 0.25) is 0 Å². The minimum Gasteiger partial charge on any atom is -0.496 e. The first-order valence-corrected chi connectivity index (χ1v) is 9.06. The van der Waals surface area contributed by atoms with Crippen molar-refractivity contribution in [1.82, 2.24) is 15.7 Å². The zero-order valence-electron chi connectivity index (χ0n) is 16.2. The van der Waals surface area contributed by atoms with E-state index in [1.54, 1.807) is 25.5 Å². The van der Waals surface area contributed by atoms with Gasteiger partial charge < -0.3 is 15.0 Å². The van der Waals surface area contributed by atoms with Crippen molar-refractivity contribution in [2.45, 2.75) is 6.92 Å². The Labute approximate surface area is 168 Å². The van der Waals surface area contributed by atoms with Gasteiger partial charge in [-0.05, 0) is 25.1 Å². The molecule has 0 aliphatic heterocycles. The van der Waals surface area contributed by atoms with Crippen LogP contribution in [0.5, 0.6) is 5.75 Å². The summed E-state index contributed by atoms with van der Waals surface area (Å²) in [5, 5.41) is 7.53. The molecule has 3 aromatic rings. The van der Waals surface area contributed by atoms with Crippen LogP contribution in [-0.4, -0.2) is 36.7 Å². The molecular weight excluding hydrogens is 368 g/mol. The third-order valence-electron chi connectivity index (χ3n) is 4.30. The minimum atomic E-state index is -0.419. The third kappa shape index (κ3) is 5.10. The summed E-state index contributed by atoms with van der Waals surface area (Å²) in [6.07, 6.45) is 4.57. The number of aryl methyl sites for hydroxylation is 1. The Morgan fingerprint density at radius 2 is 1.90 bits per heavy atom. The maximum absolute atomic E-state index is 11.9. The van der Waals surface area contributed by atoms with E-state index in [1.165, 1.54) is 6.08 Å². The number of amides is 2. The van der Waals surface area contributed by atoms with E-state index in [0.29, 0.717) is 5.75 Å². The van der Waals surface area contributed by atoms with Gasteiger partial charge in [-0.1, -0.05) is 36.4 Å². The molecule has 0 saturated carbocycles. The molecule has 0 fully saturated rings. The van der Waals surface area contributed by atoms with Crippen LogP contribution in [0.15, 0.2) is 59.7 Å². The molecule has 3 rings (SSSR count). The highest BCUT2D eigenvalue weighted by Gasteiger charge is 2.06. The number of hydrogen-bond acceptors (Lipinski definition) is 4. The smallest absolute Gasteiger partial charge is 0.259 e. The molecule has 0 bridgehead atoms. The summed E-state index contributed by atoms with van der Waals surface area (Å²) in [5.41, 5.74) is 6.06. The van der Waals surface area contributed by atoms with Gasteiger partial charge in [-0.3, -0.25) is 9.59 Å². The number of nitrogens with zero attached hydrogens (tertiary/aromatic N) is 1. The van der Waals surface area contributed by atoms with E-state index in [2.05, 4.69) is 20.8 Å². The van der Waals surface area contributed by atoms with Crippen molar-refractivity contribution in [3.8, 4) is 5.75 Å². The monoisotopic (exact) mass is 390 g/mol. The van der Waals surface area contributed by atoms with E-state index in [4.69, 9.17) is 4.74 Å². The maximum atomic E-state index is 11.9. The quantitative estimate of drug-likeness (QED) is 0.329. The molecule has 2 aromatic carbocycles. The second kappa shape index (κ2) is 9.36. The average Bonchev–Trinajstić information content (AvgIpc) is 3.06. The maximum Gasteiger partial charge on any atom is 0.259 e. The van der Waals surface area contributed by atoms with Crippen molar-refractivity contribution in [1.29, 1.82) is 0 Å². The van der Waals surface area contributed by atoms with Crippen LogP contribution < -0.4 is 15.5 Å².